The summed E-state index contributed by atoms with van der Waals surface area (Å²) in [6.45, 7) is 26.0. The number of thiophene rings is 1. The molecule has 0 bridgehead atoms. The zero-order chi connectivity index (χ0) is 33.1. The highest BCUT2D eigenvalue weighted by Crippen LogP contribution is 2.42. The average molecular weight is 652 g/mol. The highest BCUT2D eigenvalue weighted by Gasteiger charge is 2.18. The molecular formula is C40H58ClNS2. The number of fused-ring (bicyclic) bond motifs is 1. The molecule has 3 aromatic rings. The van der Waals surface area contributed by atoms with Gasteiger partial charge in [0.15, 0.2) is 0 Å². The highest BCUT2D eigenvalue weighted by atomic mass is 35.5. The fourth-order valence-corrected chi connectivity index (χ4v) is 9.52. The molecule has 1 nitrogen and oxygen atoms in total. The number of hydrogen-bond acceptors (Lipinski definition) is 2. The Labute approximate surface area is 281 Å². The summed E-state index contributed by atoms with van der Waals surface area (Å²) in [7, 11) is 1.45. The van der Waals surface area contributed by atoms with Crippen LogP contribution in [0.1, 0.15) is 101 Å². The van der Waals surface area contributed by atoms with Gasteiger partial charge in [0.25, 0.3) is 0 Å². The molecule has 44 heavy (non-hydrogen) atoms. The van der Waals surface area contributed by atoms with Crippen molar-refractivity contribution in [2.45, 2.75) is 98.8 Å². The molecule has 242 valence electrons. The van der Waals surface area contributed by atoms with E-state index in [1.165, 1.54) is 90.9 Å². The molecule has 0 saturated heterocycles. The molecule has 1 aliphatic carbocycles. The molecule has 1 aromatic heterocycles. The standard InChI is InChI=1S/C31H37ClS2.C8H16.CH5N/c1-10-12-25(17-22(7)19(3)4)26-15-16-27(24(11-2)18-26)34(9)23(8)31-29(32)28-20(5)13-14-21(6)30(28)33-31;1-7-3-5-8(2)6-4-7;1-2/h10,12-16,18,22H,1,3,11,17H2,2,4-9H3;7-8H,3-6H2,1-2H3;2H2,1H3/b25-12+;;. The number of rotatable bonds is 8. The van der Waals surface area contributed by atoms with Gasteiger partial charge in [-0.05, 0) is 110 Å². The van der Waals surface area contributed by atoms with Gasteiger partial charge in [-0.3, -0.25) is 0 Å². The predicted octanol–water partition coefficient (Wildman–Crippen LogP) is 12.8. The van der Waals surface area contributed by atoms with Gasteiger partial charge in [-0.2, -0.15) is 10.5 Å². The number of allylic oxidation sites excluding steroid dienone is 4. The summed E-state index contributed by atoms with van der Waals surface area (Å²) >= 11 is 8.82. The lowest BCUT2D eigenvalue weighted by Gasteiger charge is -2.22. The quantitative estimate of drug-likeness (QED) is 0.111. The van der Waals surface area contributed by atoms with Crippen LogP contribution >= 0.6 is 33.4 Å². The maximum atomic E-state index is 6.98. The van der Waals surface area contributed by atoms with Gasteiger partial charge in [0, 0.05) is 15.0 Å². The first-order valence-corrected chi connectivity index (χ1v) is 19.1. The minimum atomic E-state index is -0.0452. The summed E-state index contributed by atoms with van der Waals surface area (Å²) in [5, 5.41) is 2.13. The van der Waals surface area contributed by atoms with Crippen LogP contribution in [0.5, 0.6) is 0 Å². The van der Waals surface area contributed by atoms with Crippen LogP contribution in [0, 0.1) is 31.6 Å². The average Bonchev–Trinajstić information content (AvgIpc) is 3.38. The number of nitrogens with two attached hydrogens (primary N) is 1. The molecular weight excluding hydrogens is 594 g/mol. The Morgan fingerprint density at radius 3 is 2.11 bits per heavy atom. The number of benzene rings is 2. The van der Waals surface area contributed by atoms with Crippen molar-refractivity contribution in [1.82, 2.24) is 0 Å². The van der Waals surface area contributed by atoms with E-state index in [-0.39, 0.29) is 10.5 Å². The molecule has 2 unspecified atom stereocenters. The highest BCUT2D eigenvalue weighted by molar-refractivity contribution is 8.15. The maximum absolute atomic E-state index is 6.98. The Hall–Kier alpha value is -1.91. The SMILES string of the molecule is C=C/C=C(\CC(C)C(=C)C)c1ccc(/S(C)=C(\C)c2sc3c(C)ccc(C)c3c2Cl)c(CC)c1.CC1CCC(C)CC1.CN. The number of hydrogen-bond donors (Lipinski definition) is 1. The Balaban J connectivity index is 0.000000577. The van der Waals surface area contributed by atoms with Crippen LogP contribution in [0.2, 0.25) is 5.02 Å². The van der Waals surface area contributed by atoms with E-state index in [2.05, 4.69) is 117 Å². The van der Waals surface area contributed by atoms with Crippen molar-refractivity contribution in [3.05, 3.63) is 93.4 Å². The van der Waals surface area contributed by atoms with Gasteiger partial charge in [0.2, 0.25) is 0 Å². The molecule has 1 aliphatic rings. The number of aryl methyl sites for hydroxylation is 3. The zero-order valence-corrected chi connectivity index (χ0v) is 31.6. The van der Waals surface area contributed by atoms with Gasteiger partial charge in [0.05, 0.1) is 9.90 Å². The normalized spacial score (nSPS) is 18.4. The van der Waals surface area contributed by atoms with E-state index in [4.69, 9.17) is 11.6 Å². The third kappa shape index (κ3) is 9.79. The van der Waals surface area contributed by atoms with Crippen molar-refractivity contribution in [3.8, 4) is 0 Å². The summed E-state index contributed by atoms with van der Waals surface area (Å²) in [5.41, 5.74) is 12.3. The maximum Gasteiger partial charge on any atom is 0.0675 e. The Morgan fingerprint density at radius 2 is 1.61 bits per heavy atom. The van der Waals surface area contributed by atoms with E-state index in [0.717, 1.165) is 29.7 Å². The van der Waals surface area contributed by atoms with E-state index in [0.29, 0.717) is 5.92 Å². The lowest BCUT2D eigenvalue weighted by Crippen LogP contribution is -2.08. The van der Waals surface area contributed by atoms with E-state index in [1.54, 1.807) is 0 Å². The molecule has 0 amide bonds. The topological polar surface area (TPSA) is 26.0 Å². The van der Waals surface area contributed by atoms with Crippen molar-refractivity contribution in [2.75, 3.05) is 13.3 Å². The molecule has 2 aromatic carbocycles. The van der Waals surface area contributed by atoms with Crippen LogP contribution in [0.3, 0.4) is 0 Å². The van der Waals surface area contributed by atoms with Crippen molar-refractivity contribution in [2.24, 2.45) is 23.5 Å². The smallest absolute Gasteiger partial charge is 0.0675 e. The summed E-state index contributed by atoms with van der Waals surface area (Å²) < 4.78 is 1.31. The first-order chi connectivity index (χ1) is 20.9. The third-order valence-electron chi connectivity index (χ3n) is 9.10. The molecule has 1 saturated carbocycles. The fourth-order valence-electron chi connectivity index (χ4n) is 5.69. The second-order valence-corrected chi connectivity index (χ2v) is 16.1. The molecule has 1 heterocycles. The zero-order valence-electron chi connectivity index (χ0n) is 29.2. The van der Waals surface area contributed by atoms with Crippen molar-refractivity contribution >= 4 is 53.9 Å². The van der Waals surface area contributed by atoms with Crippen LogP contribution in [-0.2, 0) is 6.42 Å². The Kier molecular flexibility index (Phi) is 15.9. The van der Waals surface area contributed by atoms with Gasteiger partial charge in [0.1, 0.15) is 0 Å². The number of halogens is 1. The Morgan fingerprint density at radius 1 is 1.05 bits per heavy atom. The van der Waals surface area contributed by atoms with Gasteiger partial charge in [-0.25, -0.2) is 0 Å². The van der Waals surface area contributed by atoms with E-state index < -0.39 is 0 Å². The minimum Gasteiger partial charge on any atom is -0.333 e. The van der Waals surface area contributed by atoms with Crippen LogP contribution < -0.4 is 5.73 Å². The largest absolute Gasteiger partial charge is 0.333 e. The van der Waals surface area contributed by atoms with Gasteiger partial charge >= 0.3 is 0 Å². The molecule has 2 N–H and O–H groups in total. The second kappa shape index (κ2) is 18.3. The molecule has 0 radical (unpaired) electrons. The first kappa shape index (κ1) is 38.3. The van der Waals surface area contributed by atoms with Crippen LogP contribution in [0.4, 0.5) is 0 Å². The minimum absolute atomic E-state index is 0.0452. The molecule has 4 heteroatoms. The first-order valence-electron chi connectivity index (χ1n) is 16.2. The summed E-state index contributed by atoms with van der Waals surface area (Å²) in [4.78, 5) is 4.01. The molecule has 1 fully saturated rings. The molecule has 4 rings (SSSR count). The monoisotopic (exact) mass is 651 g/mol. The second-order valence-electron chi connectivity index (χ2n) is 12.6. The van der Waals surface area contributed by atoms with Crippen molar-refractivity contribution in [1.29, 1.82) is 0 Å². The summed E-state index contributed by atoms with van der Waals surface area (Å²) in [6, 6.07) is 11.4. The lowest BCUT2D eigenvalue weighted by molar-refractivity contribution is 0.308. The van der Waals surface area contributed by atoms with Gasteiger partial charge < -0.3 is 5.73 Å². The van der Waals surface area contributed by atoms with E-state index in [9.17, 15) is 0 Å². The molecule has 2 atom stereocenters. The molecule has 0 spiro atoms. The van der Waals surface area contributed by atoms with Gasteiger partial charge in [-0.1, -0.05) is 120 Å². The molecule has 0 aliphatic heterocycles. The predicted molar refractivity (Wildman–Crippen MR) is 207 cm³/mol. The summed E-state index contributed by atoms with van der Waals surface area (Å²) in [6.07, 6.45) is 14.3. The van der Waals surface area contributed by atoms with Crippen LogP contribution in [0.25, 0.3) is 15.7 Å². The fraction of sp³-hybridized carbons (Fsp3) is 0.475. The van der Waals surface area contributed by atoms with Gasteiger partial charge in [-0.15, -0.1) is 11.3 Å². The van der Waals surface area contributed by atoms with E-state index >= 15 is 0 Å². The lowest BCUT2D eigenvalue weighted by atomic mass is 9.84. The summed E-state index contributed by atoms with van der Waals surface area (Å²) in [5.74, 6) is 2.48. The van der Waals surface area contributed by atoms with Crippen molar-refractivity contribution in [3.63, 3.8) is 0 Å². The third-order valence-corrected chi connectivity index (χ3v) is 13.3. The van der Waals surface area contributed by atoms with Crippen LogP contribution in [0.15, 0.2) is 66.1 Å². The van der Waals surface area contributed by atoms with E-state index in [1.807, 2.05) is 17.4 Å². The Bertz CT molecular complexity index is 1470. The van der Waals surface area contributed by atoms with Crippen LogP contribution in [-0.4, -0.2) is 18.2 Å². The van der Waals surface area contributed by atoms with Crippen molar-refractivity contribution < 1.29 is 0 Å².